The molecule has 0 aromatic heterocycles. The van der Waals surface area contributed by atoms with Crippen LogP contribution in [0.2, 0.25) is 0 Å². The van der Waals surface area contributed by atoms with E-state index in [0.29, 0.717) is 11.1 Å². The smallest absolute Gasteiger partial charge is 0.269 e. The number of quaternary nitrogens is 2. The third-order valence-electron chi connectivity index (χ3n) is 4.04. The van der Waals surface area contributed by atoms with Crippen molar-refractivity contribution in [3.8, 4) is 0 Å². The number of carbonyl (C=O) groups is 2. The van der Waals surface area contributed by atoms with Crippen LogP contribution in [0.4, 0.5) is 5.69 Å². The van der Waals surface area contributed by atoms with Gasteiger partial charge in [-0.1, -0.05) is 34.1 Å². The van der Waals surface area contributed by atoms with E-state index in [2.05, 4.69) is 26.8 Å². The number of hydrogen-bond donors (Lipinski definition) is 2. The van der Waals surface area contributed by atoms with E-state index in [1.165, 1.54) is 0 Å². The van der Waals surface area contributed by atoms with Crippen LogP contribution >= 0.6 is 15.9 Å². The lowest BCUT2D eigenvalue weighted by Gasteiger charge is -2.35. The molecule has 2 N–H and O–H groups in total. The number of rotatable bonds is 8. The minimum Gasteiger partial charge on any atom is -0.269 e. The van der Waals surface area contributed by atoms with Crippen molar-refractivity contribution in [1.82, 2.24) is 15.4 Å². The van der Waals surface area contributed by atoms with E-state index in [0.717, 1.165) is 12.2 Å². The highest BCUT2D eigenvalue weighted by molar-refractivity contribution is 9.09. The van der Waals surface area contributed by atoms with Crippen molar-refractivity contribution in [2.45, 2.75) is 13.8 Å². The normalized spacial score (nSPS) is 16.0. The monoisotopic (exact) mass is 386 g/mol. The molecule has 1 aromatic rings. The molecular formula is C16H27BrN4O2+2. The largest absolute Gasteiger partial charge is 0.322 e. The van der Waals surface area contributed by atoms with Gasteiger partial charge in [0, 0.05) is 12.1 Å². The molecule has 0 spiro atoms. The summed E-state index contributed by atoms with van der Waals surface area (Å²) in [5, 5.41) is 0.217. The summed E-state index contributed by atoms with van der Waals surface area (Å²) in [6.07, 6.45) is 0. The Labute approximate surface area is 146 Å². The van der Waals surface area contributed by atoms with Crippen LogP contribution in [0.5, 0.6) is 0 Å². The lowest BCUT2D eigenvalue weighted by atomic mass is 10.3. The van der Waals surface area contributed by atoms with Gasteiger partial charge in [0.1, 0.15) is 6.54 Å². The van der Waals surface area contributed by atoms with Gasteiger partial charge in [0.25, 0.3) is 5.91 Å². The van der Waals surface area contributed by atoms with E-state index in [1.54, 1.807) is 0 Å². The summed E-state index contributed by atoms with van der Waals surface area (Å²) in [4.78, 5) is 24.2. The summed E-state index contributed by atoms with van der Waals surface area (Å²) >= 11 is 3.13. The molecule has 128 valence electrons. The highest BCUT2D eigenvalue weighted by Crippen LogP contribution is 2.17. The predicted molar refractivity (Wildman–Crippen MR) is 96.4 cm³/mol. The number of likely N-dealkylation sites (N-methyl/N-ethyl adjacent to an activating group) is 1. The molecule has 0 saturated carbocycles. The molecular weight excluding hydrogens is 360 g/mol. The molecule has 6 nitrogen and oxygen atoms in total. The van der Waals surface area contributed by atoms with Gasteiger partial charge in [0.2, 0.25) is 0 Å². The summed E-state index contributed by atoms with van der Waals surface area (Å²) in [6, 6.07) is 9.84. The Bertz CT molecular complexity index is 540. The summed E-state index contributed by atoms with van der Waals surface area (Å²) in [5.41, 5.74) is 6.92. The van der Waals surface area contributed by atoms with Crippen LogP contribution < -0.4 is 15.4 Å². The lowest BCUT2D eigenvalue weighted by Crippen LogP contribution is -2.65. The SMILES string of the molecule is CC[N+](C)(CC(=O)N[N@@+](C)(CC)c1ccccc1)NC(=O)CBr. The lowest BCUT2D eigenvalue weighted by molar-refractivity contribution is -0.934. The molecule has 0 radical (unpaired) electrons. The number of alkyl halides is 1. The van der Waals surface area contributed by atoms with Gasteiger partial charge in [0.15, 0.2) is 12.2 Å². The Morgan fingerprint density at radius 3 is 2.09 bits per heavy atom. The summed E-state index contributed by atoms with van der Waals surface area (Å²) in [6.45, 7) is 5.48. The first-order chi connectivity index (χ1) is 10.8. The fourth-order valence-electron chi connectivity index (χ4n) is 2.27. The minimum absolute atomic E-state index is 0.113. The maximum absolute atomic E-state index is 12.5. The minimum atomic E-state index is -0.141. The number of amides is 2. The van der Waals surface area contributed by atoms with Crippen LogP contribution in [0, 0.1) is 0 Å². The molecule has 1 rings (SSSR count). The molecule has 7 heteroatoms. The molecule has 0 bridgehead atoms. The van der Waals surface area contributed by atoms with E-state index in [1.807, 2.05) is 58.3 Å². The molecule has 0 aliphatic heterocycles. The van der Waals surface area contributed by atoms with Gasteiger partial charge in [0.05, 0.1) is 26.0 Å². The van der Waals surface area contributed by atoms with Gasteiger partial charge in [-0.3, -0.25) is 9.59 Å². The van der Waals surface area contributed by atoms with E-state index >= 15 is 0 Å². The third-order valence-corrected chi connectivity index (χ3v) is 4.55. The molecule has 0 saturated heterocycles. The number of benzene rings is 1. The third kappa shape index (κ3) is 5.60. The Kier molecular flexibility index (Phi) is 7.18. The standard InChI is InChI=1S/C16H25BrN4O2/c1-5-20(3,18-15(22)12-17)13-16(23)19-21(4,6-2)14-10-8-7-9-11-14/h7-11H,5-6,12-13H2,1-4H3/p+2/t20?,21-/m0/s1. The molecule has 0 aliphatic rings. The van der Waals surface area contributed by atoms with Gasteiger partial charge in [-0.2, -0.15) is 10.0 Å². The average Bonchev–Trinajstić information content (AvgIpc) is 2.55. The van der Waals surface area contributed by atoms with Gasteiger partial charge in [-0.05, 0) is 13.8 Å². The highest BCUT2D eigenvalue weighted by atomic mass is 79.9. The zero-order valence-corrected chi connectivity index (χ0v) is 15.9. The Morgan fingerprint density at radius 2 is 1.61 bits per heavy atom. The fourth-order valence-corrected chi connectivity index (χ4v) is 2.40. The fraction of sp³-hybridized carbons (Fsp3) is 0.500. The van der Waals surface area contributed by atoms with Crippen LogP contribution in [-0.2, 0) is 9.59 Å². The maximum Gasteiger partial charge on any atom is 0.322 e. The van der Waals surface area contributed by atoms with E-state index in [9.17, 15) is 9.59 Å². The Hall–Kier alpha value is -1.44. The summed E-state index contributed by atoms with van der Waals surface area (Å²) in [7, 11) is 3.79. The van der Waals surface area contributed by atoms with Crippen molar-refractivity contribution >= 4 is 33.4 Å². The quantitative estimate of drug-likeness (QED) is 0.404. The van der Waals surface area contributed by atoms with E-state index in [4.69, 9.17) is 0 Å². The average molecular weight is 387 g/mol. The first-order valence-electron chi connectivity index (χ1n) is 7.72. The Morgan fingerprint density at radius 1 is 1.00 bits per heavy atom. The number of carbonyl (C=O) groups excluding carboxylic acids is 2. The van der Waals surface area contributed by atoms with Crippen molar-refractivity contribution < 1.29 is 14.2 Å². The van der Waals surface area contributed by atoms with Gasteiger partial charge in [-0.15, -0.1) is 0 Å². The first kappa shape index (κ1) is 19.6. The second kappa shape index (κ2) is 8.42. The van der Waals surface area contributed by atoms with Crippen LogP contribution in [0.25, 0.3) is 0 Å². The second-order valence-electron chi connectivity index (χ2n) is 5.92. The molecule has 0 heterocycles. The summed E-state index contributed by atoms with van der Waals surface area (Å²) < 4.78 is 0.477. The van der Waals surface area contributed by atoms with Crippen LogP contribution in [0.15, 0.2) is 30.3 Å². The topological polar surface area (TPSA) is 58.2 Å². The number of para-hydroxylation sites is 1. The molecule has 1 unspecified atom stereocenters. The number of nitrogens with zero attached hydrogens (tertiary/aromatic N) is 2. The van der Waals surface area contributed by atoms with Crippen molar-refractivity contribution in [2.75, 3.05) is 39.1 Å². The maximum atomic E-state index is 12.5. The molecule has 23 heavy (non-hydrogen) atoms. The zero-order chi connectivity index (χ0) is 17.5. The van der Waals surface area contributed by atoms with E-state index < -0.39 is 0 Å². The predicted octanol–water partition coefficient (Wildman–Crippen LogP) is 1.57. The van der Waals surface area contributed by atoms with Crippen molar-refractivity contribution in [3.63, 3.8) is 0 Å². The molecule has 2 atom stereocenters. The highest BCUT2D eigenvalue weighted by Gasteiger charge is 2.32. The van der Waals surface area contributed by atoms with Gasteiger partial charge >= 0.3 is 5.91 Å². The summed E-state index contributed by atoms with van der Waals surface area (Å²) in [5.74, 6) is -0.254. The Balaban J connectivity index is 2.82. The molecule has 1 aromatic carbocycles. The molecule has 0 aliphatic carbocycles. The van der Waals surface area contributed by atoms with Crippen molar-refractivity contribution in [3.05, 3.63) is 30.3 Å². The first-order valence-corrected chi connectivity index (χ1v) is 8.84. The van der Waals surface area contributed by atoms with Crippen molar-refractivity contribution in [1.29, 1.82) is 0 Å². The van der Waals surface area contributed by atoms with Crippen LogP contribution in [-0.4, -0.2) is 55.5 Å². The van der Waals surface area contributed by atoms with Crippen LogP contribution in [0.1, 0.15) is 13.8 Å². The van der Waals surface area contributed by atoms with Crippen molar-refractivity contribution in [2.24, 2.45) is 0 Å². The second-order valence-corrected chi connectivity index (χ2v) is 6.48. The number of hydrogen-bond acceptors (Lipinski definition) is 2. The van der Waals surface area contributed by atoms with E-state index in [-0.39, 0.29) is 28.3 Å². The van der Waals surface area contributed by atoms with Gasteiger partial charge < -0.3 is 0 Å². The zero-order valence-electron chi connectivity index (χ0n) is 14.3. The number of halogens is 1. The number of nitrogens with one attached hydrogen (secondary N) is 2. The molecule has 2 amide bonds. The molecule has 0 fully saturated rings. The van der Waals surface area contributed by atoms with Gasteiger partial charge in [-0.25, -0.2) is 10.0 Å². The van der Waals surface area contributed by atoms with Crippen LogP contribution in [0.3, 0.4) is 0 Å².